The second-order valence-electron chi connectivity index (χ2n) is 5.47. The summed E-state index contributed by atoms with van der Waals surface area (Å²) in [7, 11) is -2.19. The molecule has 2 aromatic carbocycles. The van der Waals surface area contributed by atoms with Crippen LogP contribution in [-0.2, 0) is 14.8 Å². The molecule has 134 valence electrons. The Morgan fingerprint density at radius 2 is 1.88 bits per heavy atom. The van der Waals surface area contributed by atoms with E-state index in [4.69, 9.17) is 4.74 Å². The quantitative estimate of drug-likeness (QED) is 0.788. The van der Waals surface area contributed by atoms with E-state index in [1.165, 1.54) is 49.6 Å². The average molecular weight is 366 g/mol. The Hall–Kier alpha value is -2.29. The summed E-state index contributed by atoms with van der Waals surface area (Å²) in [4.78, 5) is 12.1. The van der Waals surface area contributed by atoms with Crippen LogP contribution < -0.4 is 10.0 Å². The number of amides is 1. The van der Waals surface area contributed by atoms with Gasteiger partial charge in [-0.3, -0.25) is 4.79 Å². The number of anilines is 1. The summed E-state index contributed by atoms with van der Waals surface area (Å²) in [6, 6.07) is 10.6. The lowest BCUT2D eigenvalue weighted by atomic mass is 10.2. The van der Waals surface area contributed by atoms with E-state index >= 15 is 0 Å². The Morgan fingerprint density at radius 3 is 2.48 bits per heavy atom. The number of halogens is 1. The van der Waals surface area contributed by atoms with E-state index in [2.05, 4.69) is 10.0 Å². The molecule has 6 nitrogen and oxygen atoms in total. The molecule has 0 radical (unpaired) electrons. The highest BCUT2D eigenvalue weighted by Crippen LogP contribution is 2.15. The lowest BCUT2D eigenvalue weighted by Crippen LogP contribution is -2.35. The number of sulfonamides is 1. The number of benzene rings is 2. The number of carbonyl (C=O) groups excluding carboxylic acids is 1. The number of ether oxygens (including phenoxy) is 1. The fourth-order valence-corrected chi connectivity index (χ4v) is 3.40. The molecule has 1 atom stereocenters. The summed E-state index contributed by atoms with van der Waals surface area (Å²) >= 11 is 0. The van der Waals surface area contributed by atoms with Gasteiger partial charge in [-0.25, -0.2) is 17.5 Å². The highest BCUT2D eigenvalue weighted by Gasteiger charge is 2.17. The van der Waals surface area contributed by atoms with Crippen LogP contribution in [0.15, 0.2) is 53.4 Å². The monoisotopic (exact) mass is 366 g/mol. The molecule has 8 heteroatoms. The molecule has 0 aliphatic carbocycles. The second kappa shape index (κ2) is 8.19. The zero-order valence-corrected chi connectivity index (χ0v) is 14.6. The van der Waals surface area contributed by atoms with Gasteiger partial charge in [0.05, 0.1) is 11.5 Å². The molecular formula is C17H19FN2O4S. The summed E-state index contributed by atoms with van der Waals surface area (Å²) < 4.78 is 45.0. The van der Waals surface area contributed by atoms with Gasteiger partial charge in [0.1, 0.15) is 5.82 Å². The summed E-state index contributed by atoms with van der Waals surface area (Å²) in [5.41, 5.74) is 0.574. The molecule has 2 rings (SSSR count). The van der Waals surface area contributed by atoms with E-state index in [0.717, 1.165) is 6.07 Å². The lowest BCUT2D eigenvalue weighted by molar-refractivity contribution is 0.102. The van der Waals surface area contributed by atoms with Gasteiger partial charge in [-0.1, -0.05) is 6.07 Å². The molecular weight excluding hydrogens is 347 g/mol. The molecule has 1 unspecified atom stereocenters. The van der Waals surface area contributed by atoms with Crippen molar-refractivity contribution in [1.82, 2.24) is 4.72 Å². The van der Waals surface area contributed by atoms with Crippen LogP contribution in [-0.4, -0.2) is 34.1 Å². The molecule has 0 heterocycles. The SMILES string of the molecule is COCC(C)NS(=O)(=O)c1ccc(NC(=O)c2cccc(F)c2)cc1. The van der Waals surface area contributed by atoms with Crippen molar-refractivity contribution in [3.8, 4) is 0 Å². The van der Waals surface area contributed by atoms with Gasteiger partial charge in [0.25, 0.3) is 5.91 Å². The Labute approximate surface area is 146 Å². The Morgan fingerprint density at radius 1 is 1.20 bits per heavy atom. The van der Waals surface area contributed by atoms with Gasteiger partial charge < -0.3 is 10.1 Å². The maximum Gasteiger partial charge on any atom is 0.255 e. The van der Waals surface area contributed by atoms with Gasteiger partial charge >= 0.3 is 0 Å². The van der Waals surface area contributed by atoms with Gasteiger partial charge in [-0.15, -0.1) is 0 Å². The minimum atomic E-state index is -3.68. The van der Waals surface area contributed by atoms with Gasteiger partial charge in [0.2, 0.25) is 10.0 Å². The first kappa shape index (κ1) is 19.0. The maximum absolute atomic E-state index is 13.1. The summed E-state index contributed by atoms with van der Waals surface area (Å²) in [6.07, 6.45) is 0. The molecule has 2 N–H and O–H groups in total. The zero-order valence-electron chi connectivity index (χ0n) is 13.8. The zero-order chi connectivity index (χ0) is 18.4. The van der Waals surface area contributed by atoms with Crippen molar-refractivity contribution in [1.29, 1.82) is 0 Å². The van der Waals surface area contributed by atoms with Crippen molar-refractivity contribution < 1.29 is 22.3 Å². The molecule has 1 amide bonds. The molecule has 2 aromatic rings. The molecule has 0 fully saturated rings. The average Bonchev–Trinajstić information content (AvgIpc) is 2.55. The van der Waals surface area contributed by atoms with Crippen LogP contribution in [0.4, 0.5) is 10.1 Å². The van der Waals surface area contributed by atoms with Crippen LogP contribution in [0, 0.1) is 5.82 Å². The summed E-state index contributed by atoms with van der Waals surface area (Å²) in [5, 5.41) is 2.58. The number of carbonyl (C=O) groups is 1. The normalized spacial score (nSPS) is 12.6. The van der Waals surface area contributed by atoms with Gasteiger partial charge in [-0.2, -0.15) is 0 Å². The highest BCUT2D eigenvalue weighted by atomic mass is 32.2. The topological polar surface area (TPSA) is 84.5 Å². The highest BCUT2D eigenvalue weighted by molar-refractivity contribution is 7.89. The predicted molar refractivity (Wildman–Crippen MR) is 92.5 cm³/mol. The molecule has 0 aromatic heterocycles. The smallest absolute Gasteiger partial charge is 0.255 e. The van der Waals surface area contributed by atoms with Crippen LogP contribution >= 0.6 is 0 Å². The largest absolute Gasteiger partial charge is 0.383 e. The third-order valence-corrected chi connectivity index (χ3v) is 4.89. The first-order chi connectivity index (χ1) is 11.8. The van der Waals surface area contributed by atoms with Crippen LogP contribution in [0.25, 0.3) is 0 Å². The first-order valence-corrected chi connectivity index (χ1v) is 8.98. The molecule has 0 aliphatic heterocycles. The Kier molecular flexibility index (Phi) is 6.24. The molecule has 0 saturated heterocycles. The van der Waals surface area contributed by atoms with E-state index < -0.39 is 21.7 Å². The fourth-order valence-electron chi connectivity index (χ4n) is 2.17. The van der Waals surface area contributed by atoms with Gasteiger partial charge in [0, 0.05) is 24.4 Å². The standard InChI is InChI=1S/C17H19FN2O4S/c1-12(11-24-2)20-25(22,23)16-8-6-15(7-9-16)19-17(21)13-4-3-5-14(18)10-13/h3-10,12,20H,11H2,1-2H3,(H,19,21). The number of hydrogen-bond donors (Lipinski definition) is 2. The second-order valence-corrected chi connectivity index (χ2v) is 7.18. The van der Waals surface area contributed by atoms with Crippen molar-refractivity contribution in [3.05, 3.63) is 59.9 Å². The Balaban J connectivity index is 2.08. The van der Waals surface area contributed by atoms with E-state index in [0.29, 0.717) is 5.69 Å². The van der Waals surface area contributed by atoms with Crippen LogP contribution in [0.1, 0.15) is 17.3 Å². The van der Waals surface area contributed by atoms with Gasteiger partial charge in [0.15, 0.2) is 0 Å². The number of hydrogen-bond acceptors (Lipinski definition) is 4. The van der Waals surface area contributed by atoms with E-state index in [1.807, 2.05) is 0 Å². The van der Waals surface area contributed by atoms with Crippen LogP contribution in [0.5, 0.6) is 0 Å². The number of methoxy groups -OCH3 is 1. The molecule has 25 heavy (non-hydrogen) atoms. The van der Waals surface area contributed by atoms with Gasteiger partial charge in [-0.05, 0) is 49.4 Å². The molecule has 0 bridgehead atoms. The summed E-state index contributed by atoms with van der Waals surface area (Å²) in [6.45, 7) is 1.94. The molecule has 0 aliphatic rings. The van der Waals surface area contributed by atoms with Crippen LogP contribution in [0.2, 0.25) is 0 Å². The first-order valence-electron chi connectivity index (χ1n) is 7.50. The maximum atomic E-state index is 13.1. The fraction of sp³-hybridized carbons (Fsp3) is 0.235. The third-order valence-electron chi connectivity index (χ3n) is 3.28. The van der Waals surface area contributed by atoms with E-state index in [-0.39, 0.29) is 23.1 Å². The lowest BCUT2D eigenvalue weighted by Gasteiger charge is -2.13. The van der Waals surface area contributed by atoms with Crippen molar-refractivity contribution >= 4 is 21.6 Å². The molecule has 0 saturated carbocycles. The number of nitrogens with one attached hydrogen (secondary N) is 2. The van der Waals surface area contributed by atoms with E-state index in [9.17, 15) is 17.6 Å². The Bertz CT molecular complexity index is 838. The predicted octanol–water partition coefficient (Wildman–Crippen LogP) is 2.39. The number of rotatable bonds is 7. The van der Waals surface area contributed by atoms with Crippen molar-refractivity contribution in [2.75, 3.05) is 19.0 Å². The minimum absolute atomic E-state index is 0.0687. The van der Waals surface area contributed by atoms with Crippen molar-refractivity contribution in [2.24, 2.45) is 0 Å². The van der Waals surface area contributed by atoms with Crippen molar-refractivity contribution in [2.45, 2.75) is 17.9 Å². The summed E-state index contributed by atoms with van der Waals surface area (Å²) in [5.74, 6) is -0.993. The van der Waals surface area contributed by atoms with E-state index in [1.54, 1.807) is 6.92 Å². The molecule has 0 spiro atoms. The van der Waals surface area contributed by atoms with Crippen LogP contribution in [0.3, 0.4) is 0 Å². The van der Waals surface area contributed by atoms with Crippen molar-refractivity contribution in [3.63, 3.8) is 0 Å². The minimum Gasteiger partial charge on any atom is -0.383 e. The third kappa shape index (κ3) is 5.35.